The van der Waals surface area contributed by atoms with Gasteiger partial charge in [0.05, 0.1) is 31.6 Å². The number of hydrogen-bond donors (Lipinski definition) is 0. The number of morpholine rings is 1. The minimum absolute atomic E-state index is 0.150. The van der Waals surface area contributed by atoms with Gasteiger partial charge in [-0.3, -0.25) is 9.69 Å². The molecule has 32 heavy (non-hydrogen) atoms. The van der Waals surface area contributed by atoms with Crippen LogP contribution in [0.1, 0.15) is 24.3 Å². The van der Waals surface area contributed by atoms with E-state index in [2.05, 4.69) is 4.90 Å². The van der Waals surface area contributed by atoms with Crippen LogP contribution in [0.2, 0.25) is 0 Å². The number of carbonyl (C=O) groups is 1. The fourth-order valence-corrected chi connectivity index (χ4v) is 5.49. The van der Waals surface area contributed by atoms with Gasteiger partial charge >= 0.3 is 0 Å². The number of rotatable bonds is 11. The monoisotopic (exact) mass is 479 g/mol. The molecule has 1 fully saturated rings. The SMILES string of the molecule is CC(C)S(=O)(=O)N(CCN1CCOCC1)CC(=O)N(Cc1ccccc1)Cc1cccs1. The molecule has 1 aliphatic heterocycles. The van der Waals surface area contributed by atoms with Crippen molar-refractivity contribution in [2.75, 3.05) is 45.9 Å². The second-order valence-corrected chi connectivity index (χ2v) is 11.7. The van der Waals surface area contributed by atoms with Gasteiger partial charge in [0.25, 0.3) is 0 Å². The Morgan fingerprint density at radius 1 is 1.09 bits per heavy atom. The summed E-state index contributed by atoms with van der Waals surface area (Å²) >= 11 is 1.59. The van der Waals surface area contributed by atoms with E-state index in [0.29, 0.717) is 39.4 Å². The van der Waals surface area contributed by atoms with E-state index in [4.69, 9.17) is 4.74 Å². The van der Waals surface area contributed by atoms with Crippen LogP contribution in [-0.2, 0) is 32.6 Å². The molecule has 0 aliphatic carbocycles. The molecular weight excluding hydrogens is 446 g/mol. The number of nitrogens with zero attached hydrogens (tertiary/aromatic N) is 3. The summed E-state index contributed by atoms with van der Waals surface area (Å²) in [5, 5.41) is 1.40. The number of amides is 1. The maximum Gasteiger partial charge on any atom is 0.238 e. The van der Waals surface area contributed by atoms with Crippen LogP contribution in [0.5, 0.6) is 0 Å². The second-order valence-electron chi connectivity index (χ2n) is 8.20. The van der Waals surface area contributed by atoms with E-state index in [1.165, 1.54) is 4.31 Å². The zero-order chi connectivity index (χ0) is 23.0. The molecule has 1 saturated heterocycles. The molecule has 0 radical (unpaired) electrons. The molecule has 0 N–H and O–H groups in total. The summed E-state index contributed by atoms with van der Waals surface area (Å²) in [5.41, 5.74) is 1.02. The minimum atomic E-state index is -3.57. The maximum absolute atomic E-state index is 13.4. The highest BCUT2D eigenvalue weighted by Crippen LogP contribution is 2.17. The van der Waals surface area contributed by atoms with Crippen LogP contribution >= 0.6 is 11.3 Å². The van der Waals surface area contributed by atoms with Crippen molar-refractivity contribution in [3.05, 3.63) is 58.3 Å². The number of benzene rings is 1. The van der Waals surface area contributed by atoms with E-state index in [-0.39, 0.29) is 12.5 Å². The van der Waals surface area contributed by atoms with Crippen LogP contribution in [0.15, 0.2) is 47.8 Å². The van der Waals surface area contributed by atoms with Crippen molar-refractivity contribution < 1.29 is 17.9 Å². The standard InChI is InChI=1S/C23H33N3O4S2/c1-20(2)32(28,29)26(11-10-24-12-14-30-15-13-24)19-23(27)25(18-22-9-6-16-31-22)17-21-7-4-3-5-8-21/h3-9,16,20H,10-15,17-19H2,1-2H3. The Balaban J connectivity index is 1.74. The van der Waals surface area contributed by atoms with Gasteiger partial charge in [0.1, 0.15) is 0 Å². The molecule has 2 heterocycles. The Hall–Kier alpha value is -1.78. The van der Waals surface area contributed by atoms with Crippen molar-refractivity contribution in [2.24, 2.45) is 0 Å². The molecule has 1 amide bonds. The van der Waals surface area contributed by atoms with Gasteiger partial charge in [0, 0.05) is 37.6 Å². The van der Waals surface area contributed by atoms with Gasteiger partial charge in [0.2, 0.25) is 15.9 Å². The Morgan fingerprint density at radius 2 is 1.81 bits per heavy atom. The minimum Gasteiger partial charge on any atom is -0.379 e. The third-order valence-electron chi connectivity index (χ3n) is 5.53. The average Bonchev–Trinajstić information content (AvgIpc) is 3.30. The summed E-state index contributed by atoms with van der Waals surface area (Å²) in [4.78, 5) is 18.4. The molecule has 0 saturated carbocycles. The van der Waals surface area contributed by atoms with Crippen LogP contribution in [0.3, 0.4) is 0 Å². The van der Waals surface area contributed by atoms with Crippen LogP contribution in [0, 0.1) is 0 Å². The summed E-state index contributed by atoms with van der Waals surface area (Å²) in [6, 6.07) is 13.8. The predicted octanol–water partition coefficient (Wildman–Crippen LogP) is 2.65. The molecule has 7 nitrogen and oxygen atoms in total. The van der Waals surface area contributed by atoms with E-state index in [1.54, 1.807) is 30.1 Å². The van der Waals surface area contributed by atoms with Crippen LogP contribution in [0.25, 0.3) is 0 Å². The van der Waals surface area contributed by atoms with Crippen molar-refractivity contribution in [3.63, 3.8) is 0 Å². The summed E-state index contributed by atoms with van der Waals surface area (Å²) in [6.45, 7) is 7.83. The van der Waals surface area contributed by atoms with E-state index in [9.17, 15) is 13.2 Å². The highest BCUT2D eigenvalue weighted by molar-refractivity contribution is 7.89. The lowest BCUT2D eigenvalue weighted by atomic mass is 10.2. The van der Waals surface area contributed by atoms with Crippen LogP contribution < -0.4 is 0 Å². The molecule has 0 atom stereocenters. The second kappa shape index (κ2) is 11.9. The van der Waals surface area contributed by atoms with E-state index in [0.717, 1.165) is 23.5 Å². The van der Waals surface area contributed by atoms with Crippen molar-refractivity contribution in [1.29, 1.82) is 0 Å². The first-order valence-corrected chi connectivity index (χ1v) is 13.4. The van der Waals surface area contributed by atoms with Crippen LogP contribution in [0.4, 0.5) is 0 Å². The van der Waals surface area contributed by atoms with E-state index in [1.807, 2.05) is 47.8 Å². The van der Waals surface area contributed by atoms with Gasteiger partial charge in [-0.25, -0.2) is 8.42 Å². The number of thiophene rings is 1. The molecule has 1 aliphatic rings. The Morgan fingerprint density at radius 3 is 2.44 bits per heavy atom. The molecule has 0 unspecified atom stereocenters. The number of hydrogen-bond acceptors (Lipinski definition) is 6. The van der Waals surface area contributed by atoms with Crippen LogP contribution in [-0.4, -0.2) is 79.6 Å². The van der Waals surface area contributed by atoms with Crippen molar-refractivity contribution >= 4 is 27.3 Å². The normalized spacial score (nSPS) is 15.4. The zero-order valence-electron chi connectivity index (χ0n) is 18.9. The lowest BCUT2D eigenvalue weighted by Crippen LogP contribution is -2.48. The molecule has 9 heteroatoms. The molecule has 2 aromatic rings. The lowest BCUT2D eigenvalue weighted by molar-refractivity contribution is -0.132. The van der Waals surface area contributed by atoms with Crippen molar-refractivity contribution in [2.45, 2.75) is 32.2 Å². The Kier molecular flexibility index (Phi) is 9.24. The number of ether oxygens (including phenoxy) is 1. The first-order chi connectivity index (χ1) is 15.4. The van der Waals surface area contributed by atoms with Gasteiger partial charge in [-0.2, -0.15) is 4.31 Å². The van der Waals surface area contributed by atoms with Crippen molar-refractivity contribution in [3.8, 4) is 0 Å². The number of carbonyl (C=O) groups excluding carboxylic acids is 1. The molecule has 0 bridgehead atoms. The summed E-state index contributed by atoms with van der Waals surface area (Å²) in [5.74, 6) is -0.187. The molecule has 176 valence electrons. The first-order valence-electron chi connectivity index (χ1n) is 11.0. The quantitative estimate of drug-likeness (QED) is 0.496. The summed E-state index contributed by atoms with van der Waals surface area (Å²) < 4.78 is 32.8. The summed E-state index contributed by atoms with van der Waals surface area (Å²) in [7, 11) is -3.57. The maximum atomic E-state index is 13.4. The first kappa shape index (κ1) is 24.9. The highest BCUT2D eigenvalue weighted by atomic mass is 32.2. The average molecular weight is 480 g/mol. The molecule has 1 aromatic carbocycles. The smallest absolute Gasteiger partial charge is 0.238 e. The van der Waals surface area contributed by atoms with E-state index < -0.39 is 15.3 Å². The third kappa shape index (κ3) is 7.11. The van der Waals surface area contributed by atoms with E-state index >= 15 is 0 Å². The van der Waals surface area contributed by atoms with Gasteiger partial charge in [-0.1, -0.05) is 36.4 Å². The Bertz CT molecular complexity index is 927. The lowest BCUT2D eigenvalue weighted by Gasteiger charge is -2.31. The Labute approximate surface area is 195 Å². The van der Waals surface area contributed by atoms with Crippen molar-refractivity contribution in [1.82, 2.24) is 14.1 Å². The topological polar surface area (TPSA) is 70.2 Å². The predicted molar refractivity (Wildman–Crippen MR) is 128 cm³/mol. The fourth-order valence-electron chi connectivity index (χ4n) is 3.55. The molecular formula is C23H33N3O4S2. The summed E-state index contributed by atoms with van der Waals surface area (Å²) in [6.07, 6.45) is 0. The van der Waals surface area contributed by atoms with Gasteiger partial charge in [-0.15, -0.1) is 11.3 Å². The molecule has 3 rings (SSSR count). The highest BCUT2D eigenvalue weighted by Gasteiger charge is 2.30. The molecule has 0 spiro atoms. The largest absolute Gasteiger partial charge is 0.379 e. The third-order valence-corrected chi connectivity index (χ3v) is 8.62. The van der Waals surface area contributed by atoms with Gasteiger partial charge in [-0.05, 0) is 30.9 Å². The fraction of sp³-hybridized carbons (Fsp3) is 0.522. The molecule has 1 aromatic heterocycles. The number of sulfonamides is 1. The van der Waals surface area contributed by atoms with Gasteiger partial charge in [0.15, 0.2) is 0 Å². The van der Waals surface area contributed by atoms with Gasteiger partial charge < -0.3 is 9.64 Å². The zero-order valence-corrected chi connectivity index (χ0v) is 20.5.